The Morgan fingerprint density at radius 2 is 1.94 bits per heavy atom. The molecule has 92 valence electrons. The Bertz CT molecular complexity index is 386. The van der Waals surface area contributed by atoms with Crippen molar-refractivity contribution in [2.24, 2.45) is 17.8 Å². The lowest BCUT2D eigenvalue weighted by Crippen LogP contribution is -2.12. The maximum Gasteiger partial charge on any atom is 0.0406 e. The molecular weight excluding hydrogens is 296 g/mol. The molecule has 4 atom stereocenters. The molecule has 17 heavy (non-hydrogen) atoms. The summed E-state index contributed by atoms with van der Waals surface area (Å²) in [6.07, 6.45) is 7.25. The molecule has 0 heterocycles. The third kappa shape index (κ3) is 2.56. The third-order valence-corrected chi connectivity index (χ3v) is 5.78. The molecule has 0 amide bonds. The molecule has 3 rings (SSSR count). The van der Waals surface area contributed by atoms with Crippen molar-refractivity contribution in [3.63, 3.8) is 0 Å². The highest BCUT2D eigenvalue weighted by molar-refractivity contribution is 9.09. The van der Waals surface area contributed by atoms with Gasteiger partial charge in [-0.2, -0.15) is 0 Å². The van der Waals surface area contributed by atoms with E-state index in [0.717, 1.165) is 22.8 Å². The van der Waals surface area contributed by atoms with Crippen LogP contribution in [0.3, 0.4) is 0 Å². The molecule has 2 aliphatic carbocycles. The Balaban J connectivity index is 1.63. The van der Waals surface area contributed by atoms with Gasteiger partial charge in [-0.3, -0.25) is 0 Å². The lowest BCUT2D eigenvalue weighted by atomic mass is 9.84. The van der Waals surface area contributed by atoms with Crippen LogP contribution in [-0.4, -0.2) is 0 Å². The van der Waals surface area contributed by atoms with Crippen molar-refractivity contribution in [3.8, 4) is 0 Å². The standard InChI is InChI=1S/C15H18BrCl/c16-15(11-3-5-14(17)6-4-11)9-13-8-10-1-2-12(13)7-10/h3-6,10,12-13,15H,1-2,7-9H2. The molecule has 1 aromatic carbocycles. The van der Waals surface area contributed by atoms with E-state index in [1.165, 1.54) is 37.7 Å². The SMILES string of the molecule is Clc1ccc(C(Br)CC2CC3CCC2C3)cc1. The smallest absolute Gasteiger partial charge is 0.0406 e. The van der Waals surface area contributed by atoms with E-state index in [1.807, 2.05) is 12.1 Å². The second-order valence-corrected chi connectivity index (χ2v) is 7.23. The summed E-state index contributed by atoms with van der Waals surface area (Å²) in [5.41, 5.74) is 1.37. The summed E-state index contributed by atoms with van der Waals surface area (Å²) in [5.74, 6) is 3.02. The molecule has 0 saturated heterocycles. The molecule has 2 bridgehead atoms. The largest absolute Gasteiger partial charge is 0.0843 e. The van der Waals surface area contributed by atoms with Crippen LogP contribution in [0.15, 0.2) is 24.3 Å². The number of benzene rings is 1. The summed E-state index contributed by atoms with van der Waals surface area (Å²) in [5, 5.41) is 0.827. The molecule has 0 spiro atoms. The molecule has 0 radical (unpaired) electrons. The molecule has 1 aromatic rings. The predicted molar refractivity (Wildman–Crippen MR) is 76.7 cm³/mol. The Labute approximate surface area is 117 Å². The van der Waals surface area contributed by atoms with Crippen molar-refractivity contribution < 1.29 is 0 Å². The van der Waals surface area contributed by atoms with Gasteiger partial charge >= 0.3 is 0 Å². The Morgan fingerprint density at radius 3 is 2.53 bits per heavy atom. The molecule has 2 saturated carbocycles. The quantitative estimate of drug-likeness (QED) is 0.637. The van der Waals surface area contributed by atoms with E-state index in [1.54, 1.807) is 0 Å². The first-order valence-corrected chi connectivity index (χ1v) is 7.91. The molecule has 0 aromatic heterocycles. The molecule has 2 heteroatoms. The second kappa shape index (κ2) is 4.93. The topological polar surface area (TPSA) is 0 Å². The fourth-order valence-corrected chi connectivity index (χ4v) is 4.65. The molecule has 0 N–H and O–H groups in total. The van der Waals surface area contributed by atoms with Crippen LogP contribution in [-0.2, 0) is 0 Å². The van der Waals surface area contributed by atoms with Crippen LogP contribution in [0, 0.1) is 17.8 Å². The van der Waals surface area contributed by atoms with Crippen LogP contribution in [0.1, 0.15) is 42.5 Å². The van der Waals surface area contributed by atoms with E-state index in [2.05, 4.69) is 28.1 Å². The van der Waals surface area contributed by atoms with Crippen molar-refractivity contribution in [2.45, 2.75) is 36.9 Å². The van der Waals surface area contributed by atoms with E-state index < -0.39 is 0 Å². The number of hydrogen-bond donors (Lipinski definition) is 0. The first kappa shape index (κ1) is 12.0. The van der Waals surface area contributed by atoms with Gasteiger partial charge in [0.15, 0.2) is 0 Å². The maximum absolute atomic E-state index is 5.92. The predicted octanol–water partition coefficient (Wildman–Crippen LogP) is 5.60. The lowest BCUT2D eigenvalue weighted by Gasteiger charge is -2.24. The summed E-state index contributed by atoms with van der Waals surface area (Å²) in [4.78, 5) is 0.504. The summed E-state index contributed by atoms with van der Waals surface area (Å²) in [7, 11) is 0. The molecule has 0 nitrogen and oxygen atoms in total. The van der Waals surface area contributed by atoms with Gasteiger partial charge < -0.3 is 0 Å². The Hall–Kier alpha value is -0.0100. The van der Waals surface area contributed by atoms with Crippen LogP contribution in [0.4, 0.5) is 0 Å². The Morgan fingerprint density at radius 1 is 1.18 bits per heavy atom. The van der Waals surface area contributed by atoms with Crippen LogP contribution in [0.2, 0.25) is 5.02 Å². The molecule has 2 aliphatic rings. The van der Waals surface area contributed by atoms with Crippen LogP contribution >= 0.6 is 27.5 Å². The maximum atomic E-state index is 5.92. The first-order valence-electron chi connectivity index (χ1n) is 6.62. The molecule has 2 fully saturated rings. The van der Waals surface area contributed by atoms with Gasteiger partial charge in [0.1, 0.15) is 0 Å². The number of rotatable bonds is 3. The van der Waals surface area contributed by atoms with Gasteiger partial charge in [-0.05, 0) is 61.1 Å². The summed E-state index contributed by atoms with van der Waals surface area (Å²) < 4.78 is 0. The lowest BCUT2D eigenvalue weighted by molar-refractivity contribution is 0.314. The van der Waals surface area contributed by atoms with Gasteiger partial charge in [0, 0.05) is 9.85 Å². The van der Waals surface area contributed by atoms with Gasteiger partial charge in [0.2, 0.25) is 0 Å². The minimum Gasteiger partial charge on any atom is -0.0843 e. The summed E-state index contributed by atoms with van der Waals surface area (Å²) >= 11 is 9.77. The second-order valence-electron chi connectivity index (χ2n) is 5.69. The van der Waals surface area contributed by atoms with Crippen LogP contribution in [0.25, 0.3) is 0 Å². The molecule has 0 aliphatic heterocycles. The van der Waals surface area contributed by atoms with Gasteiger partial charge in [-0.15, -0.1) is 0 Å². The first-order chi connectivity index (χ1) is 8.22. The van der Waals surface area contributed by atoms with E-state index in [-0.39, 0.29) is 0 Å². The van der Waals surface area contributed by atoms with Crippen molar-refractivity contribution in [3.05, 3.63) is 34.9 Å². The van der Waals surface area contributed by atoms with Gasteiger partial charge in [-0.1, -0.05) is 46.1 Å². The average Bonchev–Trinajstić information content (AvgIpc) is 2.91. The summed E-state index contributed by atoms with van der Waals surface area (Å²) in [6, 6.07) is 8.28. The van der Waals surface area contributed by atoms with E-state index in [0.29, 0.717) is 4.83 Å². The molecule has 4 unspecified atom stereocenters. The van der Waals surface area contributed by atoms with Crippen molar-refractivity contribution >= 4 is 27.5 Å². The third-order valence-electron chi connectivity index (χ3n) is 4.63. The Kier molecular flexibility index (Phi) is 3.49. The fraction of sp³-hybridized carbons (Fsp3) is 0.600. The minimum absolute atomic E-state index is 0.504. The number of fused-ring (bicyclic) bond motifs is 2. The highest BCUT2D eigenvalue weighted by Crippen LogP contribution is 2.51. The zero-order chi connectivity index (χ0) is 11.8. The average molecular weight is 314 g/mol. The van der Waals surface area contributed by atoms with Crippen LogP contribution < -0.4 is 0 Å². The van der Waals surface area contributed by atoms with Gasteiger partial charge in [-0.25, -0.2) is 0 Å². The minimum atomic E-state index is 0.504. The van der Waals surface area contributed by atoms with Crippen molar-refractivity contribution in [2.75, 3.05) is 0 Å². The number of hydrogen-bond acceptors (Lipinski definition) is 0. The van der Waals surface area contributed by atoms with E-state index >= 15 is 0 Å². The van der Waals surface area contributed by atoms with Crippen LogP contribution in [0.5, 0.6) is 0 Å². The number of alkyl halides is 1. The van der Waals surface area contributed by atoms with Gasteiger partial charge in [0.05, 0.1) is 0 Å². The van der Waals surface area contributed by atoms with Crippen molar-refractivity contribution in [1.29, 1.82) is 0 Å². The highest BCUT2D eigenvalue weighted by Gasteiger charge is 2.39. The highest BCUT2D eigenvalue weighted by atomic mass is 79.9. The normalized spacial score (nSPS) is 32.9. The fourth-order valence-electron chi connectivity index (χ4n) is 3.74. The van der Waals surface area contributed by atoms with E-state index in [4.69, 9.17) is 11.6 Å². The number of halogens is 2. The molecular formula is C15H18BrCl. The van der Waals surface area contributed by atoms with E-state index in [9.17, 15) is 0 Å². The zero-order valence-electron chi connectivity index (χ0n) is 9.91. The zero-order valence-corrected chi connectivity index (χ0v) is 12.3. The van der Waals surface area contributed by atoms with Gasteiger partial charge in [0.25, 0.3) is 0 Å². The summed E-state index contributed by atoms with van der Waals surface area (Å²) in [6.45, 7) is 0. The monoisotopic (exact) mass is 312 g/mol. The van der Waals surface area contributed by atoms with Crippen molar-refractivity contribution in [1.82, 2.24) is 0 Å².